The Kier molecular flexibility index (Phi) is 11.4. The molecule has 0 saturated carbocycles. The van der Waals surface area contributed by atoms with E-state index in [-0.39, 0.29) is 41.4 Å². The maximum absolute atomic E-state index is 15.3. The number of halogens is 2. The summed E-state index contributed by atoms with van der Waals surface area (Å²) in [6.45, 7) is 4.96. The predicted molar refractivity (Wildman–Crippen MR) is 166 cm³/mol. The molecule has 2 aliphatic rings. The number of nitrogens with zero attached hydrogens (tertiary/aromatic N) is 1. The summed E-state index contributed by atoms with van der Waals surface area (Å²) >= 11 is 6.15. The Balaban J connectivity index is 1.61. The Bertz CT molecular complexity index is 1370. The van der Waals surface area contributed by atoms with Gasteiger partial charge in [0.05, 0.1) is 12.9 Å². The molecule has 2 fully saturated rings. The molecule has 2 aromatic rings. The van der Waals surface area contributed by atoms with Crippen molar-refractivity contribution in [2.45, 2.75) is 76.4 Å². The van der Waals surface area contributed by atoms with Crippen molar-refractivity contribution in [3.63, 3.8) is 0 Å². The Hall–Kier alpha value is -2.73. The van der Waals surface area contributed by atoms with Crippen LogP contribution in [-0.4, -0.2) is 68.8 Å². The number of hydrogen-bond donors (Lipinski definition) is 3. The summed E-state index contributed by atoms with van der Waals surface area (Å²) in [6.07, 6.45) is 2.75. The van der Waals surface area contributed by atoms with Gasteiger partial charge in [0.2, 0.25) is 15.9 Å². The molecule has 236 valence electrons. The van der Waals surface area contributed by atoms with Crippen molar-refractivity contribution in [3.8, 4) is 0 Å². The molecule has 12 heteroatoms. The number of ether oxygens (including phenoxy) is 1. The molecule has 2 amide bonds. The minimum atomic E-state index is -3.39. The van der Waals surface area contributed by atoms with Crippen molar-refractivity contribution in [1.82, 2.24) is 14.9 Å². The minimum absolute atomic E-state index is 0.0271. The number of hydrogen-bond acceptors (Lipinski definition) is 6. The second kappa shape index (κ2) is 14.8. The van der Waals surface area contributed by atoms with Crippen LogP contribution in [0.2, 0.25) is 5.02 Å². The Morgan fingerprint density at radius 1 is 1.16 bits per heavy atom. The fourth-order valence-electron chi connectivity index (χ4n) is 6.42. The fraction of sp³-hybridized carbons (Fsp3) is 0.548. The highest BCUT2D eigenvalue weighted by molar-refractivity contribution is 7.89. The van der Waals surface area contributed by atoms with Gasteiger partial charge >= 0.3 is 6.09 Å². The Morgan fingerprint density at radius 3 is 2.56 bits per heavy atom. The highest BCUT2D eigenvalue weighted by atomic mass is 35.5. The fourth-order valence-corrected chi connectivity index (χ4v) is 8.35. The number of carbonyl (C=O) groups excluding carboxylic acids is 2. The summed E-state index contributed by atoms with van der Waals surface area (Å²) in [6, 6.07) is 10.4. The summed E-state index contributed by atoms with van der Waals surface area (Å²) < 4.78 is 47.6. The van der Waals surface area contributed by atoms with Gasteiger partial charge < -0.3 is 20.7 Å². The van der Waals surface area contributed by atoms with E-state index in [0.29, 0.717) is 31.0 Å². The normalized spacial score (nSPS) is 22.7. The first-order valence-electron chi connectivity index (χ1n) is 15.0. The van der Waals surface area contributed by atoms with Gasteiger partial charge in [-0.25, -0.2) is 17.6 Å². The largest absolute Gasteiger partial charge is 0.453 e. The van der Waals surface area contributed by atoms with Gasteiger partial charge in [-0.15, -0.1) is 0 Å². The number of methoxy groups -OCH3 is 1. The lowest BCUT2D eigenvalue weighted by Gasteiger charge is -2.37. The molecule has 0 spiro atoms. The second-order valence-corrected chi connectivity index (χ2v) is 13.8. The van der Waals surface area contributed by atoms with E-state index in [1.807, 2.05) is 26.0 Å². The molecule has 0 radical (unpaired) electrons. The number of anilines is 1. The Morgan fingerprint density at radius 2 is 1.88 bits per heavy atom. The maximum atomic E-state index is 15.3. The van der Waals surface area contributed by atoms with E-state index in [4.69, 9.17) is 16.3 Å². The Labute approximate surface area is 258 Å². The number of benzene rings is 2. The van der Waals surface area contributed by atoms with E-state index in [9.17, 15) is 18.0 Å². The summed E-state index contributed by atoms with van der Waals surface area (Å²) in [4.78, 5) is 26.5. The molecule has 2 saturated heterocycles. The SMILES string of the molecule is CCC(CC)[C@H](c1ccc(Cl)cc1)[C@H](NC(=O)OC)C(=O)Nc1cccc(F)c1CCC1CNC2CCCS(=O)(=O)N1C2. The number of alkyl carbamates (subject to hydrolysis) is 1. The number of carbonyl (C=O) groups is 2. The number of sulfonamides is 1. The monoisotopic (exact) mass is 636 g/mol. The van der Waals surface area contributed by atoms with Crippen molar-refractivity contribution < 1.29 is 27.1 Å². The quantitative estimate of drug-likeness (QED) is 0.318. The first kappa shape index (κ1) is 33.2. The van der Waals surface area contributed by atoms with Crippen LogP contribution in [0.25, 0.3) is 0 Å². The lowest BCUT2D eigenvalue weighted by molar-refractivity contribution is -0.119. The second-order valence-electron chi connectivity index (χ2n) is 11.3. The lowest BCUT2D eigenvalue weighted by atomic mass is 9.77. The third kappa shape index (κ3) is 8.06. The molecule has 43 heavy (non-hydrogen) atoms. The molecule has 9 nitrogen and oxygen atoms in total. The topological polar surface area (TPSA) is 117 Å². The number of piperazine rings is 1. The number of fused-ring (bicyclic) bond motifs is 2. The van der Waals surface area contributed by atoms with E-state index >= 15 is 4.39 Å². The highest BCUT2D eigenvalue weighted by Gasteiger charge is 2.39. The minimum Gasteiger partial charge on any atom is -0.453 e. The first-order valence-corrected chi connectivity index (χ1v) is 17.0. The molecule has 3 unspecified atom stereocenters. The molecule has 3 N–H and O–H groups in total. The molecule has 0 aromatic heterocycles. The number of rotatable bonds is 11. The van der Waals surface area contributed by atoms with E-state index in [2.05, 4.69) is 16.0 Å². The van der Waals surface area contributed by atoms with Crippen molar-refractivity contribution in [2.75, 3.05) is 31.3 Å². The predicted octanol–water partition coefficient (Wildman–Crippen LogP) is 5.06. The van der Waals surface area contributed by atoms with Crippen LogP contribution in [0.1, 0.15) is 63.0 Å². The average Bonchev–Trinajstić information content (AvgIpc) is 3.10. The van der Waals surface area contributed by atoms with E-state index in [1.54, 1.807) is 22.5 Å². The average molecular weight is 637 g/mol. The summed E-state index contributed by atoms with van der Waals surface area (Å²) in [5, 5.41) is 9.59. The van der Waals surface area contributed by atoms with Crippen molar-refractivity contribution in [2.24, 2.45) is 5.92 Å². The molecular weight excluding hydrogens is 595 g/mol. The zero-order chi connectivity index (χ0) is 31.1. The smallest absolute Gasteiger partial charge is 0.407 e. The van der Waals surface area contributed by atoms with Gasteiger partial charge in [0.1, 0.15) is 11.9 Å². The molecule has 2 heterocycles. The van der Waals surface area contributed by atoms with Gasteiger partial charge in [-0.2, -0.15) is 4.31 Å². The standard InChI is InChI=1S/C31H42ClFN4O5S/c1-4-20(5-2)28(21-11-13-22(32)14-12-21)29(36-31(39)42-3)30(38)35-27-10-6-9-26(33)25(27)16-15-24-18-34-23-8-7-17-43(40,41)37(24)19-23/h6,9-14,20,23-24,28-29,34H,4-5,7-8,15-19H2,1-3H3,(H,35,38)(H,36,39)/t23?,24?,28-,29+/m1/s1. The van der Waals surface area contributed by atoms with Crippen LogP contribution in [0.15, 0.2) is 42.5 Å². The van der Waals surface area contributed by atoms with E-state index in [1.165, 1.54) is 19.2 Å². The molecule has 4 rings (SSSR count). The molecule has 2 aliphatic heterocycles. The molecular formula is C31H42ClFN4O5S. The number of amides is 2. The molecule has 5 atom stereocenters. The third-order valence-electron chi connectivity index (χ3n) is 8.78. The molecule has 0 aliphatic carbocycles. The van der Waals surface area contributed by atoms with Crippen LogP contribution in [0, 0.1) is 11.7 Å². The zero-order valence-corrected chi connectivity index (χ0v) is 26.5. The van der Waals surface area contributed by atoms with Crippen molar-refractivity contribution >= 4 is 39.3 Å². The van der Waals surface area contributed by atoms with Crippen LogP contribution in [0.3, 0.4) is 0 Å². The third-order valence-corrected chi connectivity index (χ3v) is 11.0. The van der Waals surface area contributed by atoms with E-state index < -0.39 is 39.8 Å². The van der Waals surface area contributed by atoms with Crippen LogP contribution < -0.4 is 16.0 Å². The van der Waals surface area contributed by atoms with Gasteiger partial charge in [0.15, 0.2) is 0 Å². The zero-order valence-electron chi connectivity index (χ0n) is 24.9. The lowest BCUT2D eigenvalue weighted by Crippen LogP contribution is -2.57. The summed E-state index contributed by atoms with van der Waals surface area (Å²) in [5.41, 5.74) is 1.39. The van der Waals surface area contributed by atoms with Gasteiger partial charge in [-0.1, -0.05) is 56.5 Å². The van der Waals surface area contributed by atoms with Gasteiger partial charge in [0.25, 0.3) is 0 Å². The van der Waals surface area contributed by atoms with E-state index in [0.717, 1.165) is 24.8 Å². The maximum Gasteiger partial charge on any atom is 0.407 e. The van der Waals surface area contributed by atoms with Gasteiger partial charge in [-0.05, 0) is 61.4 Å². The van der Waals surface area contributed by atoms with Crippen LogP contribution in [0.4, 0.5) is 14.9 Å². The molecule has 2 aromatic carbocycles. The van der Waals surface area contributed by atoms with Crippen LogP contribution in [-0.2, 0) is 26.0 Å². The van der Waals surface area contributed by atoms with Gasteiger partial charge in [-0.3, -0.25) is 4.79 Å². The van der Waals surface area contributed by atoms with Gasteiger partial charge in [0, 0.05) is 47.4 Å². The van der Waals surface area contributed by atoms with Crippen LogP contribution in [0.5, 0.6) is 0 Å². The molecule has 2 bridgehead atoms. The summed E-state index contributed by atoms with van der Waals surface area (Å²) in [5.74, 6) is -1.29. The highest BCUT2D eigenvalue weighted by Crippen LogP contribution is 2.35. The number of nitrogens with one attached hydrogen (secondary N) is 3. The van der Waals surface area contributed by atoms with Crippen molar-refractivity contribution in [3.05, 3.63) is 64.4 Å². The van der Waals surface area contributed by atoms with Crippen LogP contribution >= 0.6 is 11.6 Å². The summed E-state index contributed by atoms with van der Waals surface area (Å²) in [7, 11) is -2.16. The van der Waals surface area contributed by atoms with Crippen molar-refractivity contribution in [1.29, 1.82) is 0 Å². The first-order chi connectivity index (χ1) is 20.6.